The smallest absolute Gasteiger partial charge is 0.337 e. The number of carbonyl (C=O) groups excluding carboxylic acids is 2. The van der Waals surface area contributed by atoms with Gasteiger partial charge in [0.15, 0.2) is 0 Å². The zero-order valence-electron chi connectivity index (χ0n) is 13.4. The molecule has 0 spiro atoms. The topological polar surface area (TPSA) is 92.7 Å². The van der Waals surface area contributed by atoms with E-state index < -0.39 is 29.7 Å². The van der Waals surface area contributed by atoms with Gasteiger partial charge in [0.2, 0.25) is 0 Å². The van der Waals surface area contributed by atoms with E-state index in [2.05, 4.69) is 10.1 Å². The third-order valence-corrected chi connectivity index (χ3v) is 3.53. The molecule has 1 atom stereocenters. The van der Waals surface area contributed by atoms with Gasteiger partial charge in [-0.05, 0) is 29.8 Å². The molecule has 2 N–H and O–H groups in total. The molecule has 0 fully saturated rings. The molecular formula is C18H16FNO5. The van der Waals surface area contributed by atoms with E-state index in [4.69, 9.17) is 0 Å². The summed E-state index contributed by atoms with van der Waals surface area (Å²) in [6, 6.07) is 10.1. The highest BCUT2D eigenvalue weighted by Gasteiger charge is 2.23. The van der Waals surface area contributed by atoms with Crippen molar-refractivity contribution in [3.8, 4) is 0 Å². The fraction of sp³-hybridized carbons (Fsp3) is 0.167. The first kappa shape index (κ1) is 18.1. The summed E-state index contributed by atoms with van der Waals surface area (Å²) in [7, 11) is 1.21. The van der Waals surface area contributed by atoms with E-state index in [0.717, 1.165) is 0 Å². The third kappa shape index (κ3) is 4.63. The standard InChI is InChI=1S/C18H16FNO5/c1-25-18(24)13-7-4-6-12(9-13)16(21)20-15(17(22)23)10-11-5-2-3-8-14(11)19/h2-9,15H,10H2,1H3,(H,20,21)(H,22,23)/t15-/m0/s1. The molecular weight excluding hydrogens is 329 g/mol. The molecule has 0 bridgehead atoms. The number of carboxylic acid groups (broad SMARTS) is 1. The number of amides is 1. The monoisotopic (exact) mass is 345 g/mol. The van der Waals surface area contributed by atoms with Crippen molar-refractivity contribution < 1.29 is 28.6 Å². The van der Waals surface area contributed by atoms with Gasteiger partial charge in [-0.25, -0.2) is 14.0 Å². The molecule has 0 unspecified atom stereocenters. The van der Waals surface area contributed by atoms with E-state index >= 15 is 0 Å². The van der Waals surface area contributed by atoms with Crippen molar-refractivity contribution in [1.82, 2.24) is 5.32 Å². The minimum absolute atomic E-state index is 0.0997. The van der Waals surface area contributed by atoms with Crippen molar-refractivity contribution in [1.29, 1.82) is 0 Å². The Morgan fingerprint density at radius 3 is 2.44 bits per heavy atom. The van der Waals surface area contributed by atoms with Crippen LogP contribution < -0.4 is 5.32 Å². The molecule has 1 amide bonds. The highest BCUT2D eigenvalue weighted by atomic mass is 19.1. The molecule has 6 nitrogen and oxygen atoms in total. The lowest BCUT2D eigenvalue weighted by atomic mass is 10.0. The zero-order chi connectivity index (χ0) is 18.4. The average molecular weight is 345 g/mol. The number of halogens is 1. The Morgan fingerprint density at radius 1 is 1.12 bits per heavy atom. The molecule has 130 valence electrons. The van der Waals surface area contributed by atoms with Crippen molar-refractivity contribution in [3.63, 3.8) is 0 Å². The second-order valence-electron chi connectivity index (χ2n) is 5.23. The van der Waals surface area contributed by atoms with Crippen LogP contribution in [0.2, 0.25) is 0 Å². The average Bonchev–Trinajstić information content (AvgIpc) is 2.62. The van der Waals surface area contributed by atoms with Crippen LogP contribution in [-0.2, 0) is 16.0 Å². The maximum absolute atomic E-state index is 13.7. The van der Waals surface area contributed by atoms with Crippen LogP contribution >= 0.6 is 0 Å². The number of aliphatic carboxylic acids is 1. The van der Waals surface area contributed by atoms with Crippen LogP contribution in [0.5, 0.6) is 0 Å². The zero-order valence-corrected chi connectivity index (χ0v) is 13.4. The van der Waals surface area contributed by atoms with Gasteiger partial charge in [-0.3, -0.25) is 4.79 Å². The molecule has 2 aromatic carbocycles. The molecule has 0 aliphatic rings. The van der Waals surface area contributed by atoms with Crippen LogP contribution in [0.1, 0.15) is 26.3 Å². The molecule has 25 heavy (non-hydrogen) atoms. The summed E-state index contributed by atoms with van der Waals surface area (Å²) in [6.45, 7) is 0. The van der Waals surface area contributed by atoms with E-state index in [-0.39, 0.29) is 23.1 Å². The number of esters is 1. The van der Waals surface area contributed by atoms with Gasteiger partial charge in [0.25, 0.3) is 5.91 Å². The highest BCUT2D eigenvalue weighted by Crippen LogP contribution is 2.11. The number of carboxylic acids is 1. The summed E-state index contributed by atoms with van der Waals surface area (Å²) in [5.41, 5.74) is 0.442. The van der Waals surface area contributed by atoms with Gasteiger partial charge in [-0.1, -0.05) is 24.3 Å². The van der Waals surface area contributed by atoms with E-state index in [1.807, 2.05) is 0 Å². The number of ether oxygens (including phenoxy) is 1. The van der Waals surface area contributed by atoms with Crippen molar-refractivity contribution >= 4 is 17.8 Å². The summed E-state index contributed by atoms with van der Waals surface area (Å²) in [4.78, 5) is 35.2. The Labute approximate surface area is 143 Å². The molecule has 0 aliphatic carbocycles. The van der Waals surface area contributed by atoms with Crippen LogP contribution in [0.4, 0.5) is 4.39 Å². The summed E-state index contributed by atoms with van der Waals surface area (Å²) in [5.74, 6) is -3.14. The Hall–Kier alpha value is -3.22. The largest absolute Gasteiger partial charge is 0.480 e. The van der Waals surface area contributed by atoms with Crippen molar-refractivity contribution in [2.24, 2.45) is 0 Å². The lowest BCUT2D eigenvalue weighted by Crippen LogP contribution is -2.42. The molecule has 0 saturated heterocycles. The van der Waals surface area contributed by atoms with Gasteiger partial charge in [0.05, 0.1) is 12.7 Å². The SMILES string of the molecule is COC(=O)c1cccc(C(=O)N[C@@H](Cc2ccccc2F)C(=O)O)c1. The van der Waals surface area contributed by atoms with E-state index in [1.165, 1.54) is 49.6 Å². The Kier molecular flexibility index (Phi) is 5.84. The van der Waals surface area contributed by atoms with Crippen molar-refractivity contribution in [2.45, 2.75) is 12.5 Å². The lowest BCUT2D eigenvalue weighted by Gasteiger charge is -2.15. The molecule has 0 aliphatic heterocycles. The molecule has 2 rings (SSSR count). The van der Waals surface area contributed by atoms with Crippen LogP contribution in [0, 0.1) is 5.82 Å². The van der Waals surface area contributed by atoms with Crippen molar-refractivity contribution in [3.05, 3.63) is 71.0 Å². The molecule has 0 radical (unpaired) electrons. The minimum atomic E-state index is -1.31. The number of hydrogen-bond donors (Lipinski definition) is 2. The second-order valence-corrected chi connectivity index (χ2v) is 5.23. The first-order valence-electron chi connectivity index (χ1n) is 7.38. The Morgan fingerprint density at radius 2 is 1.80 bits per heavy atom. The van der Waals surface area contributed by atoms with Gasteiger partial charge in [0, 0.05) is 12.0 Å². The number of methoxy groups -OCH3 is 1. The summed E-state index contributed by atoms with van der Waals surface area (Å²) in [6.07, 6.45) is -0.204. The fourth-order valence-corrected chi connectivity index (χ4v) is 2.23. The number of hydrogen-bond acceptors (Lipinski definition) is 4. The molecule has 2 aromatic rings. The first-order chi connectivity index (χ1) is 11.9. The predicted octanol–water partition coefficient (Wildman–Crippen LogP) is 2.04. The van der Waals surface area contributed by atoms with Crippen LogP contribution in [0.3, 0.4) is 0 Å². The molecule has 0 saturated carbocycles. The highest BCUT2D eigenvalue weighted by molar-refractivity contribution is 5.99. The predicted molar refractivity (Wildman–Crippen MR) is 86.8 cm³/mol. The van der Waals surface area contributed by atoms with E-state index in [0.29, 0.717) is 0 Å². The Bertz CT molecular complexity index is 806. The number of rotatable bonds is 6. The van der Waals surface area contributed by atoms with Gasteiger partial charge >= 0.3 is 11.9 Å². The first-order valence-corrected chi connectivity index (χ1v) is 7.38. The molecule has 0 aromatic heterocycles. The van der Waals surface area contributed by atoms with E-state index in [9.17, 15) is 23.9 Å². The Balaban J connectivity index is 2.17. The number of nitrogens with one attached hydrogen (secondary N) is 1. The summed E-state index contributed by atoms with van der Waals surface area (Å²) in [5, 5.41) is 11.6. The quantitative estimate of drug-likeness (QED) is 0.782. The second kappa shape index (κ2) is 8.05. The summed E-state index contributed by atoms with van der Waals surface area (Å²) < 4.78 is 18.3. The minimum Gasteiger partial charge on any atom is -0.480 e. The normalized spacial score (nSPS) is 11.4. The van der Waals surface area contributed by atoms with E-state index in [1.54, 1.807) is 6.07 Å². The third-order valence-electron chi connectivity index (χ3n) is 3.53. The van der Waals surface area contributed by atoms with Gasteiger partial charge < -0.3 is 15.2 Å². The fourth-order valence-electron chi connectivity index (χ4n) is 2.23. The molecule has 0 heterocycles. The maximum Gasteiger partial charge on any atom is 0.337 e. The number of carbonyl (C=O) groups is 3. The van der Waals surface area contributed by atoms with Crippen LogP contribution in [-0.4, -0.2) is 36.1 Å². The van der Waals surface area contributed by atoms with Crippen molar-refractivity contribution in [2.75, 3.05) is 7.11 Å². The van der Waals surface area contributed by atoms with Gasteiger partial charge in [-0.15, -0.1) is 0 Å². The maximum atomic E-state index is 13.7. The summed E-state index contributed by atoms with van der Waals surface area (Å²) >= 11 is 0. The van der Waals surface area contributed by atoms with Crippen LogP contribution in [0.25, 0.3) is 0 Å². The van der Waals surface area contributed by atoms with Crippen LogP contribution in [0.15, 0.2) is 48.5 Å². The van der Waals surface area contributed by atoms with Gasteiger partial charge in [0.1, 0.15) is 11.9 Å². The lowest BCUT2D eigenvalue weighted by molar-refractivity contribution is -0.139. The molecule has 7 heteroatoms. The van der Waals surface area contributed by atoms with Gasteiger partial charge in [-0.2, -0.15) is 0 Å². The number of benzene rings is 2.